The quantitative estimate of drug-likeness (QED) is 0.417. The van der Waals surface area contributed by atoms with Crippen molar-refractivity contribution in [2.24, 2.45) is 5.41 Å². The molecule has 0 unspecified atom stereocenters. The van der Waals surface area contributed by atoms with Gasteiger partial charge in [-0.1, -0.05) is 52.7 Å². The molecule has 1 rings (SSSR count). The van der Waals surface area contributed by atoms with Crippen LogP contribution in [0.1, 0.15) is 62.9 Å². The lowest BCUT2D eigenvalue weighted by atomic mass is 9.99. The predicted molar refractivity (Wildman–Crippen MR) is 80.5 cm³/mol. The van der Waals surface area contributed by atoms with Crippen LogP contribution in [0.15, 0.2) is 24.3 Å². The molecule has 112 valence electrons. The maximum Gasteiger partial charge on any atom is 0.373 e. The summed E-state index contributed by atoms with van der Waals surface area (Å²) in [5, 5.41) is 0. The SMILES string of the molecule is CCCCCc1ccc(C(=O)OOCC(C)(C)C)cc1. The second kappa shape index (κ2) is 8.05. The summed E-state index contributed by atoms with van der Waals surface area (Å²) in [5.41, 5.74) is 1.76. The van der Waals surface area contributed by atoms with Crippen LogP contribution < -0.4 is 0 Å². The zero-order valence-electron chi connectivity index (χ0n) is 13.1. The van der Waals surface area contributed by atoms with E-state index in [1.54, 1.807) is 12.1 Å². The number of aryl methyl sites for hydroxylation is 1. The number of carbonyl (C=O) groups excluding carboxylic acids is 1. The molecular formula is C17H26O3. The minimum Gasteiger partial charge on any atom is -0.293 e. The number of benzene rings is 1. The fourth-order valence-corrected chi connectivity index (χ4v) is 1.69. The first kappa shape index (κ1) is 16.7. The second-order valence-corrected chi connectivity index (χ2v) is 6.35. The summed E-state index contributed by atoms with van der Waals surface area (Å²) in [6.45, 7) is 8.63. The highest BCUT2D eigenvalue weighted by Crippen LogP contribution is 2.14. The highest BCUT2D eigenvalue weighted by atomic mass is 17.2. The van der Waals surface area contributed by atoms with Crippen molar-refractivity contribution in [2.45, 2.75) is 53.4 Å². The molecule has 0 N–H and O–H groups in total. The normalized spacial score (nSPS) is 11.4. The number of carbonyl (C=O) groups is 1. The summed E-state index contributed by atoms with van der Waals surface area (Å²) < 4.78 is 0. The van der Waals surface area contributed by atoms with E-state index in [0.717, 1.165) is 6.42 Å². The number of rotatable bonds is 7. The molecule has 1 aromatic carbocycles. The Bertz CT molecular complexity index is 401. The van der Waals surface area contributed by atoms with E-state index in [1.165, 1.54) is 24.8 Å². The molecule has 0 amide bonds. The van der Waals surface area contributed by atoms with Gasteiger partial charge in [0.1, 0.15) is 0 Å². The fraction of sp³-hybridized carbons (Fsp3) is 0.588. The summed E-state index contributed by atoms with van der Waals surface area (Å²) in [4.78, 5) is 21.5. The van der Waals surface area contributed by atoms with Crippen LogP contribution in [-0.4, -0.2) is 12.6 Å². The zero-order chi connectivity index (χ0) is 15.0. The molecule has 0 fully saturated rings. The van der Waals surface area contributed by atoms with Gasteiger partial charge in [0.25, 0.3) is 0 Å². The topological polar surface area (TPSA) is 35.5 Å². The maximum atomic E-state index is 11.8. The highest BCUT2D eigenvalue weighted by molar-refractivity contribution is 5.88. The van der Waals surface area contributed by atoms with Gasteiger partial charge in [-0.3, -0.25) is 4.89 Å². The molecule has 20 heavy (non-hydrogen) atoms. The first-order chi connectivity index (χ1) is 9.42. The van der Waals surface area contributed by atoms with Crippen molar-refractivity contribution in [3.63, 3.8) is 0 Å². The molecule has 0 aromatic heterocycles. The van der Waals surface area contributed by atoms with Crippen molar-refractivity contribution in [3.05, 3.63) is 35.4 Å². The van der Waals surface area contributed by atoms with Crippen LogP contribution in [0.25, 0.3) is 0 Å². The van der Waals surface area contributed by atoms with Crippen molar-refractivity contribution < 1.29 is 14.6 Å². The van der Waals surface area contributed by atoms with Crippen LogP contribution in [0.5, 0.6) is 0 Å². The highest BCUT2D eigenvalue weighted by Gasteiger charge is 2.14. The predicted octanol–water partition coefficient (Wildman–Crippen LogP) is 4.55. The van der Waals surface area contributed by atoms with Gasteiger partial charge in [-0.25, -0.2) is 4.79 Å². The Hall–Kier alpha value is -1.35. The third kappa shape index (κ3) is 6.71. The smallest absolute Gasteiger partial charge is 0.293 e. The Kier molecular flexibility index (Phi) is 6.73. The van der Waals surface area contributed by atoms with Gasteiger partial charge in [-0.2, -0.15) is 4.89 Å². The van der Waals surface area contributed by atoms with E-state index in [1.807, 2.05) is 32.9 Å². The Labute approximate surface area is 122 Å². The van der Waals surface area contributed by atoms with Gasteiger partial charge in [-0.05, 0) is 36.0 Å². The standard InChI is InChI=1S/C17H26O3/c1-5-6-7-8-14-9-11-15(12-10-14)16(18)20-19-13-17(2,3)4/h9-12H,5-8,13H2,1-4H3. The molecule has 3 heteroatoms. The van der Waals surface area contributed by atoms with E-state index in [0.29, 0.717) is 12.2 Å². The van der Waals surface area contributed by atoms with E-state index in [-0.39, 0.29) is 5.41 Å². The Balaban J connectivity index is 2.41. The van der Waals surface area contributed by atoms with Crippen LogP contribution in [0.4, 0.5) is 0 Å². The Morgan fingerprint density at radius 1 is 1.10 bits per heavy atom. The van der Waals surface area contributed by atoms with Crippen molar-refractivity contribution >= 4 is 5.97 Å². The van der Waals surface area contributed by atoms with Gasteiger partial charge in [0.05, 0.1) is 12.2 Å². The molecule has 1 aromatic rings. The first-order valence-electron chi connectivity index (χ1n) is 7.35. The minimum absolute atomic E-state index is 0.0244. The molecule has 0 heterocycles. The maximum absolute atomic E-state index is 11.8. The summed E-state index contributed by atoms with van der Waals surface area (Å²) >= 11 is 0. The van der Waals surface area contributed by atoms with Gasteiger partial charge in [0, 0.05) is 0 Å². The monoisotopic (exact) mass is 278 g/mol. The number of unbranched alkanes of at least 4 members (excludes halogenated alkanes) is 2. The van der Waals surface area contributed by atoms with Gasteiger partial charge in [-0.15, -0.1) is 0 Å². The third-order valence-corrected chi connectivity index (χ3v) is 2.89. The van der Waals surface area contributed by atoms with E-state index < -0.39 is 5.97 Å². The second-order valence-electron chi connectivity index (χ2n) is 6.35. The lowest BCUT2D eigenvalue weighted by Gasteiger charge is -2.16. The number of hydrogen-bond acceptors (Lipinski definition) is 3. The van der Waals surface area contributed by atoms with Crippen LogP contribution in [0.3, 0.4) is 0 Å². The van der Waals surface area contributed by atoms with E-state index in [9.17, 15) is 4.79 Å². The molecule has 0 spiro atoms. The van der Waals surface area contributed by atoms with Crippen molar-refractivity contribution in [2.75, 3.05) is 6.61 Å². The zero-order valence-corrected chi connectivity index (χ0v) is 13.1. The fourth-order valence-electron chi connectivity index (χ4n) is 1.69. The van der Waals surface area contributed by atoms with Crippen molar-refractivity contribution in [1.29, 1.82) is 0 Å². The van der Waals surface area contributed by atoms with Crippen LogP contribution in [0, 0.1) is 5.41 Å². The molecule has 0 atom stereocenters. The summed E-state index contributed by atoms with van der Waals surface area (Å²) in [6, 6.07) is 7.56. The van der Waals surface area contributed by atoms with E-state index in [4.69, 9.17) is 9.78 Å². The van der Waals surface area contributed by atoms with Crippen molar-refractivity contribution in [1.82, 2.24) is 0 Å². The van der Waals surface area contributed by atoms with Crippen LogP contribution in [0.2, 0.25) is 0 Å². The van der Waals surface area contributed by atoms with E-state index in [2.05, 4.69) is 6.92 Å². The van der Waals surface area contributed by atoms with Crippen LogP contribution >= 0.6 is 0 Å². The third-order valence-electron chi connectivity index (χ3n) is 2.89. The van der Waals surface area contributed by atoms with Gasteiger partial charge in [0.2, 0.25) is 0 Å². The molecule has 0 saturated heterocycles. The van der Waals surface area contributed by atoms with Gasteiger partial charge < -0.3 is 0 Å². The molecule has 0 aliphatic carbocycles. The van der Waals surface area contributed by atoms with Gasteiger partial charge in [0.15, 0.2) is 0 Å². The molecule has 0 saturated carbocycles. The lowest BCUT2D eigenvalue weighted by molar-refractivity contribution is -0.255. The lowest BCUT2D eigenvalue weighted by Crippen LogP contribution is -2.17. The Morgan fingerprint density at radius 2 is 1.75 bits per heavy atom. The molecule has 0 bridgehead atoms. The molecule has 3 nitrogen and oxygen atoms in total. The Morgan fingerprint density at radius 3 is 2.30 bits per heavy atom. The summed E-state index contributed by atoms with van der Waals surface area (Å²) in [6.07, 6.45) is 4.71. The largest absolute Gasteiger partial charge is 0.373 e. The van der Waals surface area contributed by atoms with E-state index >= 15 is 0 Å². The summed E-state index contributed by atoms with van der Waals surface area (Å²) in [5.74, 6) is -0.436. The van der Waals surface area contributed by atoms with Crippen molar-refractivity contribution in [3.8, 4) is 0 Å². The molecular weight excluding hydrogens is 252 g/mol. The average molecular weight is 278 g/mol. The molecule has 0 aliphatic heterocycles. The molecule has 0 aliphatic rings. The molecule has 0 radical (unpaired) electrons. The van der Waals surface area contributed by atoms with Gasteiger partial charge >= 0.3 is 5.97 Å². The summed E-state index contributed by atoms with van der Waals surface area (Å²) in [7, 11) is 0. The first-order valence-corrected chi connectivity index (χ1v) is 7.35. The van der Waals surface area contributed by atoms with Crippen LogP contribution in [-0.2, 0) is 16.2 Å². The minimum atomic E-state index is -0.436. The number of hydrogen-bond donors (Lipinski definition) is 0. The average Bonchev–Trinajstić information content (AvgIpc) is 2.38.